The Morgan fingerprint density at radius 2 is 0.667 bits per heavy atom. The Morgan fingerprint density at radius 1 is 0.280 bits per heavy atom. The summed E-state index contributed by atoms with van der Waals surface area (Å²) < 4.78 is 76.1. The monoisotopic (exact) mass is 1230 g/mol. The van der Waals surface area contributed by atoms with Crippen molar-refractivity contribution in [2.24, 2.45) is 21.1 Å². The molecule has 0 spiro atoms. The van der Waals surface area contributed by atoms with Crippen LogP contribution in [0.15, 0.2) is 201 Å². The minimum Gasteiger partial charge on any atom is -0.201 e. The molecule has 9 aromatic carbocycles. The third kappa shape index (κ3) is 9.67. The first-order valence-electron chi connectivity index (χ1n) is 37.6. The number of aromatic nitrogens is 3. The lowest BCUT2D eigenvalue weighted by Crippen LogP contribution is -2.44. The van der Waals surface area contributed by atoms with Crippen molar-refractivity contribution in [3.63, 3.8) is 0 Å². The molecule has 3 aliphatic carbocycles. The number of rotatable bonds is 3. The number of benzene rings is 9. The average Bonchev–Trinajstić information content (AvgIpc) is 0.711. The zero-order chi connectivity index (χ0) is 73.9. The molecule has 12 aromatic rings. The van der Waals surface area contributed by atoms with Gasteiger partial charge in [0.2, 0.25) is 17.1 Å². The van der Waals surface area contributed by atoms with E-state index in [9.17, 15) is 0 Å². The van der Waals surface area contributed by atoms with Crippen LogP contribution in [0.1, 0.15) is 162 Å². The average molecular weight is 1230 g/mol. The quantitative estimate of drug-likeness (QED) is 0.156. The summed E-state index contributed by atoms with van der Waals surface area (Å²) in [5, 5.41) is 7.67. The highest BCUT2D eigenvalue weighted by Crippen LogP contribution is 2.60. The molecule has 0 unspecified atom stereocenters. The summed E-state index contributed by atoms with van der Waals surface area (Å²) in [5.41, 5.74) is 26.5. The van der Waals surface area contributed by atoms with Crippen molar-refractivity contribution >= 4 is 32.3 Å². The molecule has 0 bridgehead atoms. The molecule has 0 atom stereocenters. The predicted octanol–water partition coefficient (Wildman–Crippen LogP) is 21.6. The fourth-order valence-corrected chi connectivity index (χ4v) is 16.3. The Kier molecular flexibility index (Phi) is 12.6. The minimum atomic E-state index is -2.13. The summed E-state index contributed by atoms with van der Waals surface area (Å²) in [4.78, 5) is 0. The molecule has 0 saturated heterocycles. The van der Waals surface area contributed by atoms with E-state index in [-0.39, 0.29) is 32.5 Å². The van der Waals surface area contributed by atoms with Gasteiger partial charge in [-0.15, -0.1) is 0 Å². The lowest BCUT2D eigenvalue weighted by molar-refractivity contribution is -0.660. The van der Waals surface area contributed by atoms with Gasteiger partial charge in [-0.3, -0.25) is 0 Å². The summed E-state index contributed by atoms with van der Waals surface area (Å²) in [5.74, 6) is 0. The van der Waals surface area contributed by atoms with Crippen molar-refractivity contribution in [3.8, 4) is 67.2 Å². The second-order valence-corrected chi connectivity index (χ2v) is 30.2. The van der Waals surface area contributed by atoms with Gasteiger partial charge >= 0.3 is 0 Å². The van der Waals surface area contributed by atoms with Gasteiger partial charge < -0.3 is 0 Å². The molecule has 0 saturated carbocycles. The summed E-state index contributed by atoms with van der Waals surface area (Å²) >= 11 is 0. The number of aryl methyl sites for hydroxylation is 9. The van der Waals surface area contributed by atoms with E-state index in [0.29, 0.717) is 16.7 Å². The van der Waals surface area contributed by atoms with Gasteiger partial charge in [0.15, 0.2) is 18.6 Å². The third-order valence-electron chi connectivity index (χ3n) is 23.6. The predicted molar refractivity (Wildman–Crippen MR) is 395 cm³/mol. The van der Waals surface area contributed by atoms with Gasteiger partial charge in [0.1, 0.15) is 21.1 Å². The summed E-state index contributed by atoms with van der Waals surface area (Å²) in [6.45, 7) is 28.4. The minimum absolute atomic E-state index is 0.0702. The van der Waals surface area contributed by atoms with E-state index in [1.54, 1.807) is 36.8 Å². The molecule has 3 nitrogen and oxygen atoms in total. The van der Waals surface area contributed by atoms with Gasteiger partial charge in [-0.1, -0.05) is 210 Å². The molecule has 3 aromatic heterocycles. The van der Waals surface area contributed by atoms with Crippen LogP contribution in [0.3, 0.4) is 0 Å². The topological polar surface area (TPSA) is 11.6 Å². The zero-order valence-electron chi connectivity index (χ0n) is 66.9. The van der Waals surface area contributed by atoms with Crippen molar-refractivity contribution in [2.75, 3.05) is 0 Å². The molecule has 93 heavy (non-hydrogen) atoms. The Morgan fingerprint density at radius 3 is 1.15 bits per heavy atom. The normalized spacial score (nSPS) is 17.9. The SMILES string of the molecule is [2H]C([2H])([2H])c1ccc(-c2c(C)ccc3c2-c2cc4ccccc4cc2C(C)(C)C3(C)C)[n+](C)c1.[2H]C([2H])([2H])c1ccc(-c2c(C)ccc3c2-c2ccc4ccccc4c2C(C)(C)C3(C)C)[n+](C)c1.[2H]C([2H])([2H])c1ccc(-c2cc3c(cc2C)-c2ccc4ccccc4c2C(C)(C)C3(C)C)[n+](C)c1. The summed E-state index contributed by atoms with van der Waals surface area (Å²) in [7, 11) is 5.82. The van der Waals surface area contributed by atoms with E-state index in [0.717, 1.165) is 22.6 Å². The molecule has 3 aliphatic rings. The van der Waals surface area contributed by atoms with Crippen LogP contribution in [-0.2, 0) is 53.6 Å². The number of hydrogen-bond acceptors (Lipinski definition) is 0. The first-order chi connectivity index (χ1) is 47.5. The second kappa shape index (κ2) is 22.2. The van der Waals surface area contributed by atoms with Crippen molar-refractivity contribution in [1.82, 2.24) is 0 Å². The van der Waals surface area contributed by atoms with E-state index in [1.807, 2.05) is 53.0 Å². The number of fused-ring (bicyclic) bond motifs is 14. The molecule has 0 N–H and O–H groups in total. The van der Waals surface area contributed by atoms with Gasteiger partial charge in [-0.2, -0.15) is 0 Å². The van der Waals surface area contributed by atoms with Crippen molar-refractivity contribution < 1.29 is 26.0 Å². The van der Waals surface area contributed by atoms with Gasteiger partial charge in [0.25, 0.3) is 0 Å². The Balaban J connectivity index is 0.000000137. The molecule has 0 fully saturated rings. The van der Waals surface area contributed by atoms with Crippen LogP contribution in [0.25, 0.3) is 99.5 Å². The highest BCUT2D eigenvalue weighted by molar-refractivity contribution is 6.01. The molecule has 468 valence electrons. The van der Waals surface area contributed by atoms with Crippen LogP contribution in [0, 0.1) is 41.3 Å². The molecule has 0 radical (unpaired) electrons. The number of nitrogens with zero attached hydrogens (tertiary/aromatic N) is 3. The van der Waals surface area contributed by atoms with Crippen LogP contribution in [0.5, 0.6) is 0 Å². The van der Waals surface area contributed by atoms with E-state index in [1.165, 1.54) is 127 Å². The second-order valence-electron chi connectivity index (χ2n) is 30.2. The van der Waals surface area contributed by atoms with Gasteiger partial charge in [0.05, 0.1) is 11.1 Å². The molecule has 0 aliphatic heterocycles. The van der Waals surface area contributed by atoms with Gasteiger partial charge in [-0.25, -0.2) is 13.7 Å². The van der Waals surface area contributed by atoms with Crippen LogP contribution in [0.4, 0.5) is 0 Å². The third-order valence-corrected chi connectivity index (χ3v) is 23.6. The Hall–Kier alpha value is -8.79. The maximum absolute atomic E-state index is 7.83. The fraction of sp³-hybridized carbons (Fsp3) is 0.300. The molecule has 0 amide bonds. The van der Waals surface area contributed by atoms with Gasteiger partial charge in [0, 0.05) is 63.6 Å². The van der Waals surface area contributed by atoms with Crippen LogP contribution < -0.4 is 13.7 Å². The van der Waals surface area contributed by atoms with E-state index < -0.39 is 20.6 Å². The smallest absolute Gasteiger partial charge is 0.201 e. The lowest BCUT2D eigenvalue weighted by atomic mass is 9.54. The summed E-state index contributed by atoms with van der Waals surface area (Å²) in [6, 6.07) is 64.5. The molecule has 15 rings (SSSR count). The fourth-order valence-electron chi connectivity index (χ4n) is 16.3. The summed E-state index contributed by atoms with van der Waals surface area (Å²) in [6.07, 6.45) is 5.23. The molecule has 3 heterocycles. The first kappa shape index (κ1) is 52.7. The zero-order valence-corrected chi connectivity index (χ0v) is 57.9. The van der Waals surface area contributed by atoms with Crippen LogP contribution in [0.2, 0.25) is 0 Å². The van der Waals surface area contributed by atoms with Crippen molar-refractivity contribution in [1.29, 1.82) is 0 Å². The first-order valence-corrected chi connectivity index (χ1v) is 33.1. The largest absolute Gasteiger partial charge is 0.213 e. The van der Waals surface area contributed by atoms with Gasteiger partial charge in [-0.05, 0) is 215 Å². The van der Waals surface area contributed by atoms with E-state index in [4.69, 9.17) is 12.3 Å². The van der Waals surface area contributed by atoms with Crippen molar-refractivity contribution in [2.45, 2.75) is 157 Å². The van der Waals surface area contributed by atoms with Crippen molar-refractivity contribution in [3.05, 3.63) is 267 Å². The Bertz CT molecular complexity index is 5310. The standard InChI is InChI=1S/3C30H32N/c1-19-12-17-25(31(7)18-19)26-20(2)13-16-24-27(26)23-15-14-21-10-8-9-11-22(21)28(23)30(5,6)29(24,3)4;1-19-12-15-27(31(7)18-19)24-17-26-25(16-20(24)2)23-14-13-21-10-8-9-11-22(21)28(23)30(5,6)29(26,3)4;1-19-12-15-26(31(7)18-19)27-20(2)13-14-24-28(27)23-16-21-10-8-9-11-22(21)17-25(23)30(5,6)29(24,3)4/h3*8-18H,1-7H3/q3*+1/i3*1D3. The number of pyridine rings is 3. The molecule has 3 heteroatoms. The maximum atomic E-state index is 7.83. The maximum Gasteiger partial charge on any atom is 0.213 e. The lowest BCUT2D eigenvalue weighted by Gasteiger charge is -2.49. The van der Waals surface area contributed by atoms with E-state index >= 15 is 0 Å². The highest BCUT2D eigenvalue weighted by Gasteiger charge is 2.50. The molecular formula is C90H96N3+3. The van der Waals surface area contributed by atoms with Crippen LogP contribution in [-0.4, -0.2) is 0 Å². The molecular weight excluding hydrogens is 1120 g/mol. The number of hydrogen-bond donors (Lipinski definition) is 0. The van der Waals surface area contributed by atoms with E-state index in [2.05, 4.69) is 249 Å². The Labute approximate surface area is 568 Å². The highest BCUT2D eigenvalue weighted by atomic mass is 14.9. The van der Waals surface area contributed by atoms with Crippen LogP contribution >= 0.6 is 0 Å².